The quantitative estimate of drug-likeness (QED) is 0.120. The molecule has 1 unspecified atom stereocenters. The third-order valence-corrected chi connectivity index (χ3v) is 6.76. The van der Waals surface area contributed by atoms with Gasteiger partial charge in [-0.3, -0.25) is 14.9 Å². The van der Waals surface area contributed by atoms with E-state index < -0.39 is 30.4 Å². The Morgan fingerprint density at radius 1 is 0.889 bits per heavy atom. The minimum Gasteiger partial charge on any atom is -0.460 e. The van der Waals surface area contributed by atoms with Crippen LogP contribution in [0.2, 0.25) is 0 Å². The number of carbonyl (C=O) groups is 1. The van der Waals surface area contributed by atoms with Crippen LogP contribution in [0.3, 0.4) is 0 Å². The number of ether oxygens (including phenoxy) is 1. The molecule has 0 saturated heterocycles. The summed E-state index contributed by atoms with van der Waals surface area (Å²) in [6, 6.07) is 25.9. The molecule has 0 aliphatic carbocycles. The van der Waals surface area contributed by atoms with Crippen LogP contribution in [0.25, 0.3) is 10.8 Å². The molecular formula is C26H23N2O7P. The lowest BCUT2D eigenvalue weighted by atomic mass is 10.1. The highest BCUT2D eigenvalue weighted by Crippen LogP contribution is 2.48. The molecule has 1 N–H and O–H groups in total. The molecule has 9 nitrogen and oxygen atoms in total. The number of rotatable bonds is 10. The van der Waals surface area contributed by atoms with E-state index in [1.807, 2.05) is 36.4 Å². The van der Waals surface area contributed by atoms with Crippen molar-refractivity contribution in [3.05, 3.63) is 113 Å². The van der Waals surface area contributed by atoms with Crippen molar-refractivity contribution >= 4 is 30.2 Å². The maximum absolute atomic E-state index is 14.0. The summed E-state index contributed by atoms with van der Waals surface area (Å²) >= 11 is 0. The first-order valence-electron chi connectivity index (χ1n) is 11.0. The molecule has 184 valence electrons. The van der Waals surface area contributed by atoms with Gasteiger partial charge in [-0.1, -0.05) is 78.9 Å². The minimum atomic E-state index is -4.40. The number of nitrogens with zero attached hydrogens (tertiary/aromatic N) is 1. The van der Waals surface area contributed by atoms with Crippen molar-refractivity contribution < 1.29 is 28.1 Å². The number of nitro benzene ring substituents is 1. The van der Waals surface area contributed by atoms with Gasteiger partial charge >= 0.3 is 19.4 Å². The summed E-state index contributed by atoms with van der Waals surface area (Å²) in [6.07, 6.45) is 0. The molecule has 0 heterocycles. The van der Waals surface area contributed by atoms with Crippen LogP contribution in [0.4, 0.5) is 5.69 Å². The summed E-state index contributed by atoms with van der Waals surface area (Å²) in [6.45, 7) is 1.46. The molecule has 36 heavy (non-hydrogen) atoms. The third-order valence-electron chi connectivity index (χ3n) is 5.18. The Morgan fingerprint density at radius 2 is 1.50 bits per heavy atom. The van der Waals surface area contributed by atoms with Crippen molar-refractivity contribution in [3.8, 4) is 11.5 Å². The largest absolute Gasteiger partial charge is 0.513 e. The number of fused-ring (bicyclic) bond motifs is 1. The lowest BCUT2D eigenvalue weighted by Gasteiger charge is -2.23. The molecule has 0 aromatic heterocycles. The molecule has 4 rings (SSSR count). The Kier molecular flexibility index (Phi) is 7.63. The smallest absolute Gasteiger partial charge is 0.460 e. The van der Waals surface area contributed by atoms with Gasteiger partial charge in [0.1, 0.15) is 18.4 Å². The fraction of sp³-hybridized carbons (Fsp3) is 0.115. The number of hydrogen-bond acceptors (Lipinski definition) is 7. The predicted octanol–water partition coefficient (Wildman–Crippen LogP) is 6.04. The molecule has 0 aliphatic heterocycles. The Balaban J connectivity index is 1.61. The van der Waals surface area contributed by atoms with Crippen molar-refractivity contribution in [1.82, 2.24) is 5.09 Å². The SMILES string of the molecule is C[C@H](NP(=O)(Oc1ccccc1[N+](=O)[O-])Oc1cccc2ccccc12)C(=O)OCc1ccccc1. The van der Waals surface area contributed by atoms with Crippen molar-refractivity contribution in [2.45, 2.75) is 19.6 Å². The van der Waals surface area contributed by atoms with E-state index in [2.05, 4.69) is 5.09 Å². The first-order valence-corrected chi connectivity index (χ1v) is 12.6. The number of hydrogen-bond donors (Lipinski definition) is 1. The van der Waals surface area contributed by atoms with Gasteiger partial charge in [-0.05, 0) is 30.0 Å². The topological polar surface area (TPSA) is 117 Å². The van der Waals surface area contributed by atoms with Crippen LogP contribution < -0.4 is 14.1 Å². The fourth-order valence-corrected chi connectivity index (χ4v) is 4.99. The molecule has 0 radical (unpaired) electrons. The van der Waals surface area contributed by atoms with E-state index in [-0.39, 0.29) is 18.1 Å². The van der Waals surface area contributed by atoms with Gasteiger partial charge in [0.2, 0.25) is 5.75 Å². The van der Waals surface area contributed by atoms with Gasteiger partial charge in [0.05, 0.1) is 4.92 Å². The second kappa shape index (κ2) is 11.0. The van der Waals surface area contributed by atoms with Crippen LogP contribution >= 0.6 is 7.75 Å². The van der Waals surface area contributed by atoms with Crippen LogP contribution in [0.1, 0.15) is 12.5 Å². The summed E-state index contributed by atoms with van der Waals surface area (Å²) in [4.78, 5) is 23.5. The number of para-hydroxylation sites is 2. The lowest BCUT2D eigenvalue weighted by Crippen LogP contribution is -2.35. The van der Waals surface area contributed by atoms with E-state index in [4.69, 9.17) is 13.8 Å². The van der Waals surface area contributed by atoms with Crippen LogP contribution in [0.15, 0.2) is 97.1 Å². The highest BCUT2D eigenvalue weighted by Gasteiger charge is 2.36. The second-order valence-corrected chi connectivity index (χ2v) is 9.44. The molecule has 0 amide bonds. The molecular weight excluding hydrogens is 483 g/mol. The Bertz CT molecular complexity index is 1420. The van der Waals surface area contributed by atoms with E-state index in [0.717, 1.165) is 10.9 Å². The zero-order valence-electron chi connectivity index (χ0n) is 19.3. The molecule has 4 aromatic carbocycles. The number of carbonyl (C=O) groups excluding carboxylic acids is 1. The van der Waals surface area contributed by atoms with Gasteiger partial charge in [0.25, 0.3) is 0 Å². The summed E-state index contributed by atoms with van der Waals surface area (Å²) in [7, 11) is -4.40. The number of benzene rings is 4. The first kappa shape index (κ1) is 24.9. The molecule has 0 fully saturated rings. The Morgan fingerprint density at radius 3 is 2.28 bits per heavy atom. The molecule has 0 spiro atoms. The zero-order chi connectivity index (χ0) is 25.5. The maximum Gasteiger partial charge on any atom is 0.513 e. The molecule has 4 aromatic rings. The predicted molar refractivity (Wildman–Crippen MR) is 135 cm³/mol. The highest BCUT2D eigenvalue weighted by atomic mass is 31.2. The zero-order valence-corrected chi connectivity index (χ0v) is 20.2. The van der Waals surface area contributed by atoms with Crippen molar-refractivity contribution in [2.24, 2.45) is 0 Å². The summed E-state index contributed by atoms with van der Waals surface area (Å²) in [5, 5.41) is 15.5. The molecule has 2 atom stereocenters. The minimum absolute atomic E-state index is 0.0190. The standard InChI is InChI=1S/C26H23N2O7P/c1-19(26(29)33-18-20-10-3-2-4-11-20)27-36(32,35-25-16-8-7-15-23(25)28(30)31)34-24-17-9-13-21-12-5-6-14-22(21)24/h2-17,19H,18H2,1H3,(H,27,32)/t19-,36?/m0/s1. The first-order chi connectivity index (χ1) is 17.3. The average Bonchev–Trinajstić information content (AvgIpc) is 2.88. The second-order valence-electron chi connectivity index (χ2n) is 7.83. The van der Waals surface area contributed by atoms with E-state index in [0.29, 0.717) is 5.39 Å². The average molecular weight is 506 g/mol. The normalized spacial score (nSPS) is 13.4. The Hall–Kier alpha value is -4.20. The highest BCUT2D eigenvalue weighted by molar-refractivity contribution is 7.52. The van der Waals surface area contributed by atoms with Crippen molar-refractivity contribution in [3.63, 3.8) is 0 Å². The van der Waals surface area contributed by atoms with Crippen LogP contribution in [-0.2, 0) is 20.7 Å². The Labute approximate surface area is 207 Å². The monoisotopic (exact) mass is 506 g/mol. The van der Waals surface area contributed by atoms with Crippen molar-refractivity contribution in [1.29, 1.82) is 0 Å². The van der Waals surface area contributed by atoms with Gasteiger partial charge in [-0.2, -0.15) is 5.09 Å². The van der Waals surface area contributed by atoms with Gasteiger partial charge < -0.3 is 13.8 Å². The van der Waals surface area contributed by atoms with E-state index >= 15 is 0 Å². The summed E-state index contributed by atoms with van der Waals surface area (Å²) < 4.78 is 30.7. The van der Waals surface area contributed by atoms with Crippen LogP contribution in [-0.4, -0.2) is 16.9 Å². The molecule has 0 saturated carbocycles. The van der Waals surface area contributed by atoms with E-state index in [1.165, 1.54) is 31.2 Å². The molecule has 10 heteroatoms. The van der Waals surface area contributed by atoms with E-state index in [9.17, 15) is 19.5 Å². The lowest BCUT2D eigenvalue weighted by molar-refractivity contribution is -0.385. The van der Waals surface area contributed by atoms with Gasteiger partial charge in [0.15, 0.2) is 0 Å². The van der Waals surface area contributed by atoms with Gasteiger partial charge in [0, 0.05) is 11.5 Å². The summed E-state index contributed by atoms with van der Waals surface area (Å²) in [5.74, 6) is -0.762. The van der Waals surface area contributed by atoms with E-state index in [1.54, 1.807) is 36.4 Å². The van der Waals surface area contributed by atoms with Crippen LogP contribution in [0, 0.1) is 10.1 Å². The number of nitro groups is 1. The van der Waals surface area contributed by atoms with Crippen LogP contribution in [0.5, 0.6) is 11.5 Å². The third kappa shape index (κ3) is 6.07. The molecule has 0 bridgehead atoms. The number of esters is 1. The summed E-state index contributed by atoms with van der Waals surface area (Å²) in [5.41, 5.74) is 0.379. The van der Waals surface area contributed by atoms with Gasteiger partial charge in [-0.15, -0.1) is 0 Å². The fourth-order valence-electron chi connectivity index (χ4n) is 3.43. The maximum atomic E-state index is 14.0. The number of nitrogens with one attached hydrogen (secondary N) is 1. The molecule has 0 aliphatic rings. The van der Waals surface area contributed by atoms with Crippen molar-refractivity contribution in [2.75, 3.05) is 0 Å². The van der Waals surface area contributed by atoms with Gasteiger partial charge in [-0.25, -0.2) is 4.57 Å².